The summed E-state index contributed by atoms with van der Waals surface area (Å²) in [5.74, 6) is -0.0114. The molecular weight excluding hydrogens is 382 g/mol. The van der Waals surface area contributed by atoms with E-state index in [0.29, 0.717) is 49.9 Å². The maximum Gasteiger partial charge on any atom is 0.329 e. The molecule has 7 nitrogen and oxygen atoms in total. The number of nitrogens with zero attached hydrogens (tertiary/aromatic N) is 2. The molecule has 30 heavy (non-hydrogen) atoms. The van der Waals surface area contributed by atoms with Crippen LogP contribution >= 0.6 is 0 Å². The fourth-order valence-corrected chi connectivity index (χ4v) is 4.56. The third-order valence-corrected chi connectivity index (χ3v) is 6.22. The Morgan fingerprint density at radius 3 is 2.47 bits per heavy atom. The van der Waals surface area contributed by atoms with Crippen LogP contribution in [0.15, 0.2) is 58.1 Å². The average molecular weight is 405 g/mol. The van der Waals surface area contributed by atoms with E-state index in [1.165, 1.54) is 4.57 Å². The Balaban J connectivity index is 1.30. The minimum atomic E-state index is -0.469. The molecular formula is C23H23N3O4. The van der Waals surface area contributed by atoms with Crippen LogP contribution in [0.5, 0.6) is 0 Å². The van der Waals surface area contributed by atoms with Gasteiger partial charge in [-0.2, -0.15) is 0 Å². The first-order valence-electron chi connectivity index (χ1n) is 10.3. The summed E-state index contributed by atoms with van der Waals surface area (Å²) < 4.78 is 7.13. The van der Waals surface area contributed by atoms with Gasteiger partial charge < -0.3 is 14.6 Å². The summed E-state index contributed by atoms with van der Waals surface area (Å²) in [4.78, 5) is 43.0. The Hall–Kier alpha value is -3.19. The van der Waals surface area contributed by atoms with E-state index in [1.54, 1.807) is 29.2 Å². The number of nitrogens with one attached hydrogen (secondary N) is 1. The number of hydrogen-bond acceptors (Lipinski definition) is 4. The molecule has 1 saturated heterocycles. The van der Waals surface area contributed by atoms with Crippen molar-refractivity contribution in [1.29, 1.82) is 0 Å². The molecule has 1 fully saturated rings. The fourth-order valence-electron chi connectivity index (χ4n) is 4.56. The SMILES string of the molecule is O=C(C1Cc2ccccc2CO1)N1CCC(n2c(=O)[nH]c3ccccc3c2=O)CC1. The Bertz CT molecular complexity index is 1220. The monoisotopic (exact) mass is 405 g/mol. The van der Waals surface area contributed by atoms with Crippen molar-refractivity contribution in [2.24, 2.45) is 0 Å². The van der Waals surface area contributed by atoms with Gasteiger partial charge in [-0.05, 0) is 36.1 Å². The van der Waals surface area contributed by atoms with Gasteiger partial charge in [-0.1, -0.05) is 36.4 Å². The maximum atomic E-state index is 13.0. The van der Waals surface area contributed by atoms with Gasteiger partial charge in [-0.25, -0.2) is 4.79 Å². The minimum Gasteiger partial charge on any atom is -0.363 e. The number of H-pyrrole nitrogens is 1. The molecule has 2 aliphatic heterocycles. The van der Waals surface area contributed by atoms with E-state index in [0.717, 1.165) is 11.1 Å². The first-order chi connectivity index (χ1) is 14.6. The number of para-hydroxylation sites is 1. The zero-order chi connectivity index (χ0) is 20.7. The molecule has 2 aromatic carbocycles. The summed E-state index contributed by atoms with van der Waals surface area (Å²) in [6, 6.07) is 14.8. The summed E-state index contributed by atoms with van der Waals surface area (Å²) in [5.41, 5.74) is 2.18. The first-order valence-corrected chi connectivity index (χ1v) is 10.3. The van der Waals surface area contributed by atoms with Crippen molar-refractivity contribution in [3.63, 3.8) is 0 Å². The number of aromatic amines is 1. The second kappa shape index (κ2) is 7.57. The summed E-state index contributed by atoms with van der Waals surface area (Å²) in [6.45, 7) is 1.46. The summed E-state index contributed by atoms with van der Waals surface area (Å²) in [7, 11) is 0. The van der Waals surface area contributed by atoms with E-state index < -0.39 is 11.8 Å². The standard InChI is InChI=1S/C23H23N3O4/c27-21-18-7-3-4-8-19(18)24-23(29)26(21)17-9-11-25(12-10-17)22(28)20-13-15-5-1-2-6-16(15)14-30-20/h1-8,17,20H,9-14H2,(H,24,29). The van der Waals surface area contributed by atoms with Crippen LogP contribution in [0.3, 0.4) is 0 Å². The van der Waals surface area contributed by atoms with Gasteiger partial charge in [0.05, 0.1) is 17.5 Å². The van der Waals surface area contributed by atoms with Gasteiger partial charge >= 0.3 is 5.69 Å². The molecule has 3 heterocycles. The van der Waals surface area contributed by atoms with E-state index in [1.807, 2.05) is 24.3 Å². The average Bonchev–Trinajstić information content (AvgIpc) is 2.79. The van der Waals surface area contributed by atoms with Crippen molar-refractivity contribution in [3.8, 4) is 0 Å². The molecule has 5 rings (SSSR count). The van der Waals surface area contributed by atoms with Crippen molar-refractivity contribution < 1.29 is 9.53 Å². The highest BCUT2D eigenvalue weighted by Gasteiger charge is 2.32. The number of fused-ring (bicyclic) bond motifs is 2. The molecule has 1 aromatic heterocycles. The summed E-state index contributed by atoms with van der Waals surface area (Å²) in [5, 5.41) is 0.505. The highest BCUT2D eigenvalue weighted by molar-refractivity contribution is 5.81. The number of carbonyl (C=O) groups excluding carboxylic acids is 1. The molecule has 1 N–H and O–H groups in total. The van der Waals surface area contributed by atoms with Crippen LogP contribution in [0, 0.1) is 0 Å². The van der Waals surface area contributed by atoms with Gasteiger partial charge in [-0.3, -0.25) is 14.2 Å². The molecule has 0 aliphatic carbocycles. The molecule has 2 aliphatic rings. The van der Waals surface area contributed by atoms with Crippen molar-refractivity contribution in [2.45, 2.75) is 38.0 Å². The lowest BCUT2D eigenvalue weighted by Gasteiger charge is -2.35. The van der Waals surface area contributed by atoms with Gasteiger partial charge in [0.15, 0.2) is 0 Å². The fraction of sp³-hybridized carbons (Fsp3) is 0.348. The van der Waals surface area contributed by atoms with E-state index >= 15 is 0 Å². The highest BCUT2D eigenvalue weighted by Crippen LogP contribution is 2.25. The quantitative estimate of drug-likeness (QED) is 0.707. The minimum absolute atomic E-state index is 0.0114. The Labute approximate surface area is 172 Å². The lowest BCUT2D eigenvalue weighted by Crippen LogP contribution is -2.48. The Morgan fingerprint density at radius 2 is 1.67 bits per heavy atom. The first kappa shape index (κ1) is 18.8. The Morgan fingerprint density at radius 1 is 0.967 bits per heavy atom. The smallest absolute Gasteiger partial charge is 0.329 e. The van der Waals surface area contributed by atoms with Crippen molar-refractivity contribution in [3.05, 3.63) is 80.5 Å². The van der Waals surface area contributed by atoms with Crippen LogP contribution in [0.25, 0.3) is 10.9 Å². The second-order valence-corrected chi connectivity index (χ2v) is 7.98. The van der Waals surface area contributed by atoms with Gasteiger partial charge in [-0.15, -0.1) is 0 Å². The van der Waals surface area contributed by atoms with Crippen LogP contribution in [0.4, 0.5) is 0 Å². The lowest BCUT2D eigenvalue weighted by atomic mass is 9.97. The molecule has 1 unspecified atom stereocenters. The number of ether oxygens (including phenoxy) is 1. The predicted octanol–water partition coefficient (Wildman–Crippen LogP) is 1.99. The van der Waals surface area contributed by atoms with Crippen molar-refractivity contribution in [2.75, 3.05) is 13.1 Å². The third-order valence-electron chi connectivity index (χ3n) is 6.22. The lowest BCUT2D eigenvalue weighted by molar-refractivity contribution is -0.146. The number of amides is 1. The second-order valence-electron chi connectivity index (χ2n) is 7.98. The van der Waals surface area contributed by atoms with Crippen molar-refractivity contribution >= 4 is 16.8 Å². The predicted molar refractivity (Wildman–Crippen MR) is 112 cm³/mol. The van der Waals surface area contributed by atoms with Crippen LogP contribution in [0.2, 0.25) is 0 Å². The number of rotatable bonds is 2. The van der Waals surface area contributed by atoms with Gasteiger partial charge in [0, 0.05) is 25.6 Å². The van der Waals surface area contributed by atoms with E-state index in [2.05, 4.69) is 4.98 Å². The van der Waals surface area contributed by atoms with E-state index in [-0.39, 0.29) is 17.5 Å². The number of benzene rings is 2. The molecule has 3 aromatic rings. The molecule has 1 atom stereocenters. The molecule has 1 amide bonds. The van der Waals surface area contributed by atoms with Crippen molar-refractivity contribution in [1.82, 2.24) is 14.5 Å². The number of likely N-dealkylation sites (tertiary alicyclic amines) is 1. The van der Waals surface area contributed by atoms with Gasteiger partial charge in [0.1, 0.15) is 6.10 Å². The number of piperidine rings is 1. The van der Waals surface area contributed by atoms with E-state index in [4.69, 9.17) is 4.74 Å². The third kappa shape index (κ3) is 3.25. The number of carbonyl (C=O) groups is 1. The summed E-state index contributed by atoms with van der Waals surface area (Å²) >= 11 is 0. The largest absolute Gasteiger partial charge is 0.363 e. The van der Waals surface area contributed by atoms with Gasteiger partial charge in [0.2, 0.25) is 0 Å². The molecule has 154 valence electrons. The van der Waals surface area contributed by atoms with Crippen LogP contribution < -0.4 is 11.2 Å². The zero-order valence-electron chi connectivity index (χ0n) is 16.5. The topological polar surface area (TPSA) is 84.4 Å². The van der Waals surface area contributed by atoms with Gasteiger partial charge in [0.25, 0.3) is 11.5 Å². The maximum absolute atomic E-state index is 13.0. The van der Waals surface area contributed by atoms with Crippen LogP contribution in [0.1, 0.15) is 30.0 Å². The Kier molecular flexibility index (Phi) is 4.75. The molecule has 7 heteroatoms. The molecule has 0 spiro atoms. The molecule has 0 saturated carbocycles. The number of hydrogen-bond donors (Lipinski definition) is 1. The van der Waals surface area contributed by atoms with Crippen LogP contribution in [-0.4, -0.2) is 39.6 Å². The number of aromatic nitrogens is 2. The normalized spacial score (nSPS) is 19.6. The molecule has 0 radical (unpaired) electrons. The zero-order valence-corrected chi connectivity index (χ0v) is 16.5. The summed E-state index contributed by atoms with van der Waals surface area (Å²) in [6.07, 6.45) is 1.24. The highest BCUT2D eigenvalue weighted by atomic mass is 16.5. The van der Waals surface area contributed by atoms with E-state index in [9.17, 15) is 14.4 Å². The molecule has 0 bridgehead atoms. The van der Waals surface area contributed by atoms with Crippen LogP contribution in [-0.2, 0) is 22.6 Å².